The largest absolute Gasteiger partial charge is 0.508 e. The Morgan fingerprint density at radius 3 is 2.73 bits per heavy atom. The molecular formula is C19H29NO2. The van der Waals surface area contributed by atoms with Gasteiger partial charge in [-0.25, -0.2) is 0 Å². The maximum absolute atomic E-state index is 11.8. The summed E-state index contributed by atoms with van der Waals surface area (Å²) in [6, 6.07) is 5.40. The highest BCUT2D eigenvalue weighted by Crippen LogP contribution is 2.16. The van der Waals surface area contributed by atoms with E-state index in [-0.39, 0.29) is 5.91 Å². The summed E-state index contributed by atoms with van der Waals surface area (Å²) in [7, 11) is 0. The fourth-order valence-corrected chi connectivity index (χ4v) is 2.21. The number of unbranched alkanes of at least 4 members (excludes halogenated alkanes) is 3. The molecule has 3 heteroatoms. The lowest BCUT2D eigenvalue weighted by molar-refractivity contribution is -0.121. The van der Waals surface area contributed by atoms with E-state index in [9.17, 15) is 9.90 Å². The molecule has 0 spiro atoms. The van der Waals surface area contributed by atoms with Gasteiger partial charge in [0.2, 0.25) is 5.91 Å². The summed E-state index contributed by atoms with van der Waals surface area (Å²) in [6.07, 6.45) is 9.33. The molecule has 0 fully saturated rings. The highest BCUT2D eigenvalue weighted by molar-refractivity contribution is 5.75. The smallest absolute Gasteiger partial charge is 0.220 e. The molecule has 0 aliphatic heterocycles. The van der Waals surface area contributed by atoms with Crippen LogP contribution in [0.3, 0.4) is 0 Å². The van der Waals surface area contributed by atoms with Crippen LogP contribution < -0.4 is 5.32 Å². The van der Waals surface area contributed by atoms with E-state index >= 15 is 0 Å². The molecule has 0 saturated carbocycles. The Kier molecular flexibility index (Phi) is 8.34. The molecular weight excluding hydrogens is 274 g/mol. The van der Waals surface area contributed by atoms with Crippen LogP contribution in [0.2, 0.25) is 0 Å². The van der Waals surface area contributed by atoms with E-state index in [2.05, 4.69) is 31.3 Å². The second kappa shape index (κ2) is 10.0. The first-order valence-corrected chi connectivity index (χ1v) is 8.21. The van der Waals surface area contributed by atoms with Gasteiger partial charge in [0.1, 0.15) is 5.75 Å². The topological polar surface area (TPSA) is 49.3 Å². The van der Waals surface area contributed by atoms with Gasteiger partial charge in [0.25, 0.3) is 0 Å². The van der Waals surface area contributed by atoms with Crippen LogP contribution in [-0.4, -0.2) is 11.0 Å². The number of phenols is 1. The minimum Gasteiger partial charge on any atom is -0.508 e. The van der Waals surface area contributed by atoms with E-state index in [0.717, 1.165) is 36.8 Å². The third-order valence-electron chi connectivity index (χ3n) is 3.55. The number of rotatable bonds is 9. The summed E-state index contributed by atoms with van der Waals surface area (Å²) in [5.74, 6) is 1.01. The van der Waals surface area contributed by atoms with Crippen molar-refractivity contribution in [2.45, 2.75) is 59.4 Å². The second-order valence-corrected chi connectivity index (χ2v) is 6.17. The summed E-state index contributed by atoms with van der Waals surface area (Å²) >= 11 is 0. The average Bonchev–Trinajstić information content (AvgIpc) is 2.47. The number of hydrogen-bond donors (Lipinski definition) is 2. The van der Waals surface area contributed by atoms with Crippen LogP contribution in [0.25, 0.3) is 0 Å². The van der Waals surface area contributed by atoms with Gasteiger partial charge < -0.3 is 10.4 Å². The van der Waals surface area contributed by atoms with E-state index in [1.54, 1.807) is 6.07 Å². The van der Waals surface area contributed by atoms with Crippen LogP contribution in [0.4, 0.5) is 0 Å². The van der Waals surface area contributed by atoms with Gasteiger partial charge in [-0.15, -0.1) is 0 Å². The number of hydrogen-bond acceptors (Lipinski definition) is 2. The van der Waals surface area contributed by atoms with Gasteiger partial charge in [-0.3, -0.25) is 4.79 Å². The molecule has 0 unspecified atom stereocenters. The number of allylic oxidation sites excluding steroid dienone is 2. The quantitative estimate of drug-likeness (QED) is 0.522. The van der Waals surface area contributed by atoms with Crippen molar-refractivity contribution in [3.63, 3.8) is 0 Å². The lowest BCUT2D eigenvalue weighted by Gasteiger charge is -2.07. The Morgan fingerprint density at radius 1 is 1.27 bits per heavy atom. The Morgan fingerprint density at radius 2 is 2.05 bits per heavy atom. The fraction of sp³-hybridized carbons (Fsp3) is 0.526. The van der Waals surface area contributed by atoms with Crippen LogP contribution >= 0.6 is 0 Å². The molecule has 0 atom stereocenters. The van der Waals surface area contributed by atoms with E-state index in [1.165, 1.54) is 0 Å². The van der Waals surface area contributed by atoms with Crippen molar-refractivity contribution in [3.8, 4) is 5.75 Å². The van der Waals surface area contributed by atoms with Crippen LogP contribution in [0.5, 0.6) is 5.75 Å². The molecule has 0 aromatic heterocycles. The second-order valence-electron chi connectivity index (χ2n) is 6.17. The minimum absolute atomic E-state index is 0.100. The summed E-state index contributed by atoms with van der Waals surface area (Å²) in [4.78, 5) is 11.8. The first-order valence-electron chi connectivity index (χ1n) is 8.21. The molecule has 2 N–H and O–H groups in total. The van der Waals surface area contributed by atoms with Gasteiger partial charge in [0.05, 0.1) is 0 Å². The monoisotopic (exact) mass is 303 g/mol. The molecule has 0 heterocycles. The minimum atomic E-state index is 0.100. The Labute approximate surface area is 134 Å². The van der Waals surface area contributed by atoms with Crippen molar-refractivity contribution in [1.29, 1.82) is 0 Å². The number of phenolic OH excluding ortho intramolecular Hbond substituents is 1. The van der Waals surface area contributed by atoms with Crippen LogP contribution in [0, 0.1) is 12.8 Å². The van der Waals surface area contributed by atoms with Crippen LogP contribution in [0.1, 0.15) is 57.1 Å². The Balaban J connectivity index is 2.12. The predicted octanol–water partition coefficient (Wildman–Crippen LogP) is 4.48. The number of aryl methyl sites for hydroxylation is 1. The Hall–Kier alpha value is -1.77. The molecule has 1 rings (SSSR count). The maximum Gasteiger partial charge on any atom is 0.220 e. The van der Waals surface area contributed by atoms with E-state index in [1.807, 2.05) is 19.1 Å². The number of carbonyl (C=O) groups is 1. The standard InChI is InChI=1S/C19H29NO2/c1-15(2)9-7-5-4-6-8-10-19(22)20-14-17-11-12-18(21)16(3)13-17/h7,9,11-13,15,21H,4-6,8,10,14H2,1-3H3,(H,20,22)/b9-7+. The molecule has 122 valence electrons. The van der Waals surface area contributed by atoms with Gasteiger partial charge in [0.15, 0.2) is 0 Å². The molecule has 3 nitrogen and oxygen atoms in total. The summed E-state index contributed by atoms with van der Waals surface area (Å²) in [5.41, 5.74) is 1.85. The third-order valence-corrected chi connectivity index (χ3v) is 3.55. The summed E-state index contributed by atoms with van der Waals surface area (Å²) in [6.45, 7) is 6.73. The lowest BCUT2D eigenvalue weighted by Crippen LogP contribution is -2.22. The zero-order valence-electron chi connectivity index (χ0n) is 14.1. The number of aromatic hydroxyl groups is 1. The molecule has 0 bridgehead atoms. The molecule has 1 aromatic rings. The molecule has 0 aliphatic rings. The van der Waals surface area contributed by atoms with E-state index < -0.39 is 0 Å². The number of benzene rings is 1. The molecule has 0 saturated heterocycles. The molecule has 1 aromatic carbocycles. The van der Waals surface area contributed by atoms with E-state index in [0.29, 0.717) is 24.6 Å². The molecule has 22 heavy (non-hydrogen) atoms. The van der Waals surface area contributed by atoms with Crippen molar-refractivity contribution in [2.24, 2.45) is 5.92 Å². The predicted molar refractivity (Wildman–Crippen MR) is 91.8 cm³/mol. The first-order chi connectivity index (χ1) is 10.5. The lowest BCUT2D eigenvalue weighted by atomic mass is 10.1. The SMILES string of the molecule is Cc1cc(CNC(=O)CCCCC/C=C/C(C)C)ccc1O. The zero-order chi connectivity index (χ0) is 16.4. The van der Waals surface area contributed by atoms with Crippen molar-refractivity contribution < 1.29 is 9.90 Å². The van der Waals surface area contributed by atoms with Crippen molar-refractivity contribution in [2.75, 3.05) is 0 Å². The van der Waals surface area contributed by atoms with Crippen molar-refractivity contribution >= 4 is 5.91 Å². The fourth-order valence-electron chi connectivity index (χ4n) is 2.21. The van der Waals surface area contributed by atoms with Gasteiger partial charge >= 0.3 is 0 Å². The van der Waals surface area contributed by atoms with Crippen molar-refractivity contribution in [3.05, 3.63) is 41.5 Å². The van der Waals surface area contributed by atoms with Gasteiger partial charge in [-0.2, -0.15) is 0 Å². The number of amides is 1. The molecule has 0 aliphatic carbocycles. The first kappa shape index (κ1) is 18.3. The zero-order valence-corrected chi connectivity index (χ0v) is 14.1. The van der Waals surface area contributed by atoms with Crippen LogP contribution in [0.15, 0.2) is 30.4 Å². The summed E-state index contributed by atoms with van der Waals surface area (Å²) in [5, 5.41) is 12.4. The third kappa shape index (κ3) is 7.87. The molecule has 0 radical (unpaired) electrons. The molecule has 1 amide bonds. The average molecular weight is 303 g/mol. The van der Waals surface area contributed by atoms with Gasteiger partial charge in [-0.05, 0) is 49.3 Å². The summed E-state index contributed by atoms with van der Waals surface area (Å²) < 4.78 is 0. The highest BCUT2D eigenvalue weighted by atomic mass is 16.3. The highest BCUT2D eigenvalue weighted by Gasteiger charge is 2.02. The van der Waals surface area contributed by atoms with Crippen LogP contribution in [-0.2, 0) is 11.3 Å². The van der Waals surface area contributed by atoms with Gasteiger partial charge in [0, 0.05) is 13.0 Å². The van der Waals surface area contributed by atoms with Crippen molar-refractivity contribution in [1.82, 2.24) is 5.32 Å². The number of nitrogens with one attached hydrogen (secondary N) is 1. The normalized spacial score (nSPS) is 11.3. The van der Waals surface area contributed by atoms with E-state index in [4.69, 9.17) is 0 Å². The van der Waals surface area contributed by atoms with Gasteiger partial charge in [-0.1, -0.05) is 44.6 Å². The Bertz CT molecular complexity index is 492. The number of carbonyl (C=O) groups excluding carboxylic acids is 1. The maximum atomic E-state index is 11.8.